The lowest BCUT2D eigenvalue weighted by Gasteiger charge is -2.23. The lowest BCUT2D eigenvalue weighted by atomic mass is 10.0. The van der Waals surface area contributed by atoms with Gasteiger partial charge in [-0.1, -0.05) is 27.2 Å². The predicted octanol–water partition coefficient (Wildman–Crippen LogP) is 2.37. The van der Waals surface area contributed by atoms with Crippen LogP contribution in [0.5, 0.6) is 0 Å². The SMILES string of the molecule is CCCC1NC(CC(C)C)C(=O)N1CC1CC1. The van der Waals surface area contributed by atoms with Crippen LogP contribution < -0.4 is 5.32 Å². The molecule has 3 heteroatoms. The number of amides is 1. The summed E-state index contributed by atoms with van der Waals surface area (Å²) in [5.74, 6) is 1.72. The molecule has 0 spiro atoms. The van der Waals surface area contributed by atoms with E-state index in [1.807, 2.05) is 0 Å². The van der Waals surface area contributed by atoms with Gasteiger partial charge in [-0.25, -0.2) is 0 Å². The largest absolute Gasteiger partial charge is 0.326 e. The first-order valence-electron chi connectivity index (χ1n) is 7.18. The molecule has 2 fully saturated rings. The standard InChI is InChI=1S/C14H26N2O/c1-4-5-13-15-12(8-10(2)3)14(17)16(13)9-11-6-7-11/h10-13,15H,4-9H2,1-3H3. The van der Waals surface area contributed by atoms with Crippen molar-refractivity contribution in [2.75, 3.05) is 6.54 Å². The summed E-state index contributed by atoms with van der Waals surface area (Å²) in [5, 5.41) is 3.53. The Bertz CT molecular complexity index is 273. The van der Waals surface area contributed by atoms with E-state index in [1.54, 1.807) is 0 Å². The number of hydrogen-bond acceptors (Lipinski definition) is 2. The Balaban J connectivity index is 1.96. The summed E-state index contributed by atoms with van der Waals surface area (Å²) in [6, 6.07) is 0.0744. The predicted molar refractivity (Wildman–Crippen MR) is 69.5 cm³/mol. The van der Waals surface area contributed by atoms with Crippen LogP contribution in [0.4, 0.5) is 0 Å². The Hall–Kier alpha value is -0.570. The molecule has 1 aliphatic carbocycles. The van der Waals surface area contributed by atoms with Gasteiger partial charge >= 0.3 is 0 Å². The van der Waals surface area contributed by atoms with Crippen molar-refractivity contribution in [2.45, 2.75) is 65.1 Å². The van der Waals surface area contributed by atoms with E-state index in [-0.39, 0.29) is 6.04 Å². The number of nitrogens with one attached hydrogen (secondary N) is 1. The van der Waals surface area contributed by atoms with Gasteiger partial charge in [0.2, 0.25) is 5.91 Å². The van der Waals surface area contributed by atoms with Gasteiger partial charge in [-0.15, -0.1) is 0 Å². The number of carbonyl (C=O) groups is 1. The zero-order valence-corrected chi connectivity index (χ0v) is 11.4. The fourth-order valence-electron chi connectivity index (χ4n) is 2.70. The summed E-state index contributed by atoms with van der Waals surface area (Å²) in [5.41, 5.74) is 0. The van der Waals surface area contributed by atoms with E-state index in [0.717, 1.165) is 31.7 Å². The topological polar surface area (TPSA) is 32.3 Å². The molecule has 1 heterocycles. The molecule has 2 rings (SSSR count). The zero-order chi connectivity index (χ0) is 12.4. The Kier molecular flexibility index (Phi) is 4.08. The van der Waals surface area contributed by atoms with E-state index >= 15 is 0 Å². The van der Waals surface area contributed by atoms with Gasteiger partial charge < -0.3 is 4.90 Å². The van der Waals surface area contributed by atoms with Gasteiger partial charge in [0.15, 0.2) is 0 Å². The summed E-state index contributed by atoms with van der Waals surface area (Å²) in [4.78, 5) is 14.5. The third kappa shape index (κ3) is 3.21. The van der Waals surface area contributed by atoms with Crippen LogP contribution in [0.15, 0.2) is 0 Å². The molecule has 2 atom stereocenters. The number of carbonyl (C=O) groups excluding carboxylic acids is 1. The molecule has 0 aromatic rings. The minimum atomic E-state index is 0.0744. The van der Waals surface area contributed by atoms with Crippen LogP contribution in [0.2, 0.25) is 0 Å². The van der Waals surface area contributed by atoms with Crippen molar-refractivity contribution < 1.29 is 4.79 Å². The first-order chi connectivity index (χ1) is 8.11. The van der Waals surface area contributed by atoms with Crippen molar-refractivity contribution >= 4 is 5.91 Å². The molecular weight excluding hydrogens is 212 g/mol. The van der Waals surface area contributed by atoms with Gasteiger partial charge in [0, 0.05) is 6.54 Å². The number of nitrogens with zero attached hydrogens (tertiary/aromatic N) is 1. The monoisotopic (exact) mass is 238 g/mol. The molecule has 1 saturated heterocycles. The fraction of sp³-hybridized carbons (Fsp3) is 0.929. The van der Waals surface area contributed by atoms with Gasteiger partial charge in [0.05, 0.1) is 12.2 Å². The van der Waals surface area contributed by atoms with Crippen molar-refractivity contribution in [3.05, 3.63) is 0 Å². The van der Waals surface area contributed by atoms with Crippen LogP contribution in [0.25, 0.3) is 0 Å². The van der Waals surface area contributed by atoms with Crippen molar-refractivity contribution in [1.29, 1.82) is 0 Å². The minimum Gasteiger partial charge on any atom is -0.326 e. The molecule has 1 amide bonds. The highest BCUT2D eigenvalue weighted by atomic mass is 16.2. The van der Waals surface area contributed by atoms with E-state index in [1.165, 1.54) is 12.8 Å². The van der Waals surface area contributed by atoms with Crippen molar-refractivity contribution in [3.63, 3.8) is 0 Å². The highest BCUT2D eigenvalue weighted by Crippen LogP contribution is 2.32. The summed E-state index contributed by atoms with van der Waals surface area (Å²) >= 11 is 0. The maximum atomic E-state index is 12.4. The Morgan fingerprint density at radius 3 is 2.65 bits per heavy atom. The molecule has 17 heavy (non-hydrogen) atoms. The second-order valence-corrected chi connectivity index (χ2v) is 6.09. The molecule has 3 nitrogen and oxygen atoms in total. The molecule has 2 unspecified atom stereocenters. The van der Waals surface area contributed by atoms with Crippen LogP contribution in [-0.4, -0.2) is 29.6 Å². The van der Waals surface area contributed by atoms with Crippen LogP contribution >= 0.6 is 0 Å². The van der Waals surface area contributed by atoms with E-state index in [0.29, 0.717) is 18.0 Å². The van der Waals surface area contributed by atoms with Crippen molar-refractivity contribution in [3.8, 4) is 0 Å². The van der Waals surface area contributed by atoms with E-state index < -0.39 is 0 Å². The molecule has 0 aromatic carbocycles. The van der Waals surface area contributed by atoms with E-state index in [9.17, 15) is 4.79 Å². The maximum Gasteiger partial charge on any atom is 0.241 e. The lowest BCUT2D eigenvalue weighted by molar-refractivity contribution is -0.130. The summed E-state index contributed by atoms with van der Waals surface area (Å²) in [7, 11) is 0. The van der Waals surface area contributed by atoms with Crippen LogP contribution in [0.3, 0.4) is 0 Å². The average molecular weight is 238 g/mol. The molecular formula is C14H26N2O. The first kappa shape index (κ1) is 12.9. The fourth-order valence-corrected chi connectivity index (χ4v) is 2.70. The highest BCUT2D eigenvalue weighted by Gasteiger charge is 2.40. The smallest absolute Gasteiger partial charge is 0.241 e. The third-order valence-corrected chi connectivity index (χ3v) is 3.77. The lowest BCUT2D eigenvalue weighted by Crippen LogP contribution is -2.38. The van der Waals surface area contributed by atoms with Gasteiger partial charge in [-0.2, -0.15) is 0 Å². The quantitative estimate of drug-likeness (QED) is 0.770. The van der Waals surface area contributed by atoms with Crippen LogP contribution in [0.1, 0.15) is 52.9 Å². The Morgan fingerprint density at radius 1 is 1.41 bits per heavy atom. The van der Waals surface area contributed by atoms with Gasteiger partial charge in [-0.3, -0.25) is 10.1 Å². The zero-order valence-electron chi connectivity index (χ0n) is 11.4. The van der Waals surface area contributed by atoms with Crippen LogP contribution in [-0.2, 0) is 4.79 Å². The Morgan fingerprint density at radius 2 is 2.12 bits per heavy atom. The van der Waals surface area contributed by atoms with Gasteiger partial charge in [0.25, 0.3) is 0 Å². The summed E-state index contributed by atoms with van der Waals surface area (Å²) in [6.45, 7) is 7.56. The van der Waals surface area contributed by atoms with Crippen molar-refractivity contribution in [2.24, 2.45) is 11.8 Å². The molecule has 0 radical (unpaired) electrons. The molecule has 0 aromatic heterocycles. The van der Waals surface area contributed by atoms with E-state index in [4.69, 9.17) is 0 Å². The molecule has 1 N–H and O–H groups in total. The molecule has 0 bridgehead atoms. The highest BCUT2D eigenvalue weighted by molar-refractivity contribution is 5.84. The molecule has 2 aliphatic rings. The first-order valence-corrected chi connectivity index (χ1v) is 7.18. The molecule has 1 saturated carbocycles. The second kappa shape index (κ2) is 5.38. The van der Waals surface area contributed by atoms with E-state index in [2.05, 4.69) is 31.0 Å². The van der Waals surface area contributed by atoms with Gasteiger partial charge in [-0.05, 0) is 37.5 Å². The second-order valence-electron chi connectivity index (χ2n) is 6.09. The summed E-state index contributed by atoms with van der Waals surface area (Å²) < 4.78 is 0. The molecule has 1 aliphatic heterocycles. The van der Waals surface area contributed by atoms with Gasteiger partial charge in [0.1, 0.15) is 0 Å². The molecule has 98 valence electrons. The normalized spacial score (nSPS) is 29.4. The number of hydrogen-bond donors (Lipinski definition) is 1. The van der Waals surface area contributed by atoms with Crippen LogP contribution in [0, 0.1) is 11.8 Å². The maximum absolute atomic E-state index is 12.4. The van der Waals surface area contributed by atoms with Crippen molar-refractivity contribution in [1.82, 2.24) is 10.2 Å². The minimum absolute atomic E-state index is 0.0744. The summed E-state index contributed by atoms with van der Waals surface area (Å²) in [6.07, 6.45) is 6.14. The Labute approximate surface area is 105 Å². The number of rotatable bonds is 6. The third-order valence-electron chi connectivity index (χ3n) is 3.77. The average Bonchev–Trinajstić information content (AvgIpc) is 3.02.